The fourth-order valence-corrected chi connectivity index (χ4v) is 2.34. The molecule has 4 nitrogen and oxygen atoms in total. The molecule has 1 aromatic carbocycles. The lowest BCUT2D eigenvalue weighted by molar-refractivity contribution is 0.300. The Hall–Kier alpha value is -1.42. The van der Waals surface area contributed by atoms with E-state index in [0.717, 1.165) is 24.6 Å². The molecule has 0 spiro atoms. The van der Waals surface area contributed by atoms with E-state index in [1.165, 1.54) is 19.3 Å². The zero-order chi connectivity index (χ0) is 13.7. The van der Waals surface area contributed by atoms with E-state index in [1.807, 2.05) is 6.07 Å². The SMILES string of the molecule is COc1ccc(NC(N)=NCCC2CCC2)cc1Cl. The Bertz CT molecular complexity index is 458. The minimum absolute atomic E-state index is 0.431. The number of guanidine groups is 1. The van der Waals surface area contributed by atoms with Gasteiger partial charge < -0.3 is 15.8 Å². The molecule has 1 aliphatic rings. The van der Waals surface area contributed by atoms with Gasteiger partial charge in [0.2, 0.25) is 0 Å². The molecule has 0 amide bonds. The quantitative estimate of drug-likeness (QED) is 0.643. The van der Waals surface area contributed by atoms with Crippen molar-refractivity contribution in [1.82, 2.24) is 0 Å². The van der Waals surface area contributed by atoms with Crippen LogP contribution in [0.2, 0.25) is 5.02 Å². The van der Waals surface area contributed by atoms with Crippen LogP contribution in [0, 0.1) is 5.92 Å². The molecule has 0 atom stereocenters. The molecule has 104 valence electrons. The summed E-state index contributed by atoms with van der Waals surface area (Å²) >= 11 is 6.04. The van der Waals surface area contributed by atoms with E-state index < -0.39 is 0 Å². The van der Waals surface area contributed by atoms with E-state index >= 15 is 0 Å². The lowest BCUT2D eigenvalue weighted by Gasteiger charge is -2.24. The van der Waals surface area contributed by atoms with Crippen LogP contribution in [0.3, 0.4) is 0 Å². The average Bonchev–Trinajstić information content (AvgIpc) is 2.32. The lowest BCUT2D eigenvalue weighted by atomic mass is 9.83. The van der Waals surface area contributed by atoms with Gasteiger partial charge in [0.1, 0.15) is 5.75 Å². The van der Waals surface area contributed by atoms with E-state index in [4.69, 9.17) is 22.1 Å². The summed E-state index contributed by atoms with van der Waals surface area (Å²) in [5.74, 6) is 1.93. The zero-order valence-electron chi connectivity index (χ0n) is 11.2. The minimum Gasteiger partial charge on any atom is -0.495 e. The first-order chi connectivity index (χ1) is 9.19. The van der Waals surface area contributed by atoms with Crippen LogP contribution < -0.4 is 15.8 Å². The van der Waals surface area contributed by atoms with Crippen molar-refractivity contribution >= 4 is 23.2 Å². The Balaban J connectivity index is 1.84. The Labute approximate surface area is 119 Å². The maximum absolute atomic E-state index is 6.04. The normalized spacial score (nSPS) is 16.0. The first kappa shape index (κ1) is 14.0. The monoisotopic (exact) mass is 281 g/mol. The van der Waals surface area contributed by atoms with Crippen LogP contribution in [0.25, 0.3) is 0 Å². The molecule has 1 fully saturated rings. The van der Waals surface area contributed by atoms with Gasteiger partial charge in [-0.25, -0.2) is 0 Å². The van der Waals surface area contributed by atoms with Crippen molar-refractivity contribution in [2.24, 2.45) is 16.6 Å². The molecule has 1 saturated carbocycles. The average molecular weight is 282 g/mol. The largest absolute Gasteiger partial charge is 0.495 e. The predicted octanol–water partition coefficient (Wildman–Crippen LogP) is 3.27. The number of nitrogens with zero attached hydrogens (tertiary/aromatic N) is 1. The third-order valence-electron chi connectivity index (χ3n) is 3.47. The van der Waals surface area contributed by atoms with Gasteiger partial charge in [-0.3, -0.25) is 4.99 Å². The van der Waals surface area contributed by atoms with E-state index in [0.29, 0.717) is 16.7 Å². The molecule has 0 aliphatic heterocycles. The number of rotatable bonds is 5. The van der Waals surface area contributed by atoms with E-state index in [2.05, 4.69) is 10.3 Å². The van der Waals surface area contributed by atoms with Crippen LogP contribution in [0.5, 0.6) is 5.75 Å². The summed E-state index contributed by atoms with van der Waals surface area (Å²) in [7, 11) is 1.59. The molecule has 0 heterocycles. The number of benzene rings is 1. The van der Waals surface area contributed by atoms with Gasteiger partial charge in [-0.2, -0.15) is 0 Å². The van der Waals surface area contributed by atoms with Crippen molar-refractivity contribution in [3.05, 3.63) is 23.2 Å². The number of aliphatic imine (C=N–C) groups is 1. The van der Waals surface area contributed by atoms with E-state index in [1.54, 1.807) is 19.2 Å². The number of hydrogen-bond acceptors (Lipinski definition) is 2. The molecule has 3 N–H and O–H groups in total. The Morgan fingerprint density at radius 3 is 2.89 bits per heavy atom. The highest BCUT2D eigenvalue weighted by Gasteiger charge is 2.16. The van der Waals surface area contributed by atoms with Crippen molar-refractivity contribution in [3.8, 4) is 5.75 Å². The lowest BCUT2D eigenvalue weighted by Crippen LogP contribution is -2.23. The van der Waals surface area contributed by atoms with Gasteiger partial charge in [-0.15, -0.1) is 0 Å². The van der Waals surface area contributed by atoms with Gasteiger partial charge >= 0.3 is 0 Å². The van der Waals surface area contributed by atoms with Gasteiger partial charge in [0.15, 0.2) is 5.96 Å². The van der Waals surface area contributed by atoms with Crippen LogP contribution in [0.15, 0.2) is 23.2 Å². The van der Waals surface area contributed by atoms with Crippen molar-refractivity contribution in [2.75, 3.05) is 19.0 Å². The molecule has 1 aromatic rings. The predicted molar refractivity (Wildman–Crippen MR) is 80.1 cm³/mol. The summed E-state index contributed by atoms with van der Waals surface area (Å²) < 4.78 is 5.09. The smallest absolute Gasteiger partial charge is 0.193 e. The third-order valence-corrected chi connectivity index (χ3v) is 3.76. The number of methoxy groups -OCH3 is 1. The summed E-state index contributed by atoms with van der Waals surface area (Å²) in [6.07, 6.45) is 5.19. The summed E-state index contributed by atoms with van der Waals surface area (Å²) in [4.78, 5) is 4.32. The number of halogens is 1. The molecule has 0 saturated heterocycles. The number of ether oxygens (including phenoxy) is 1. The molecule has 5 heteroatoms. The van der Waals surface area contributed by atoms with Gasteiger partial charge in [-0.05, 0) is 30.5 Å². The van der Waals surface area contributed by atoms with E-state index in [9.17, 15) is 0 Å². The van der Waals surface area contributed by atoms with Gasteiger partial charge in [0, 0.05) is 12.2 Å². The van der Waals surface area contributed by atoms with Crippen LogP contribution >= 0.6 is 11.6 Å². The molecule has 2 rings (SSSR count). The molecule has 1 aliphatic carbocycles. The van der Waals surface area contributed by atoms with Crippen LogP contribution in [0.4, 0.5) is 5.69 Å². The number of anilines is 1. The maximum atomic E-state index is 6.04. The second kappa shape index (κ2) is 6.66. The topological polar surface area (TPSA) is 59.6 Å². The third kappa shape index (κ3) is 4.03. The summed E-state index contributed by atoms with van der Waals surface area (Å²) in [5, 5.41) is 3.58. The fourth-order valence-electron chi connectivity index (χ4n) is 2.08. The minimum atomic E-state index is 0.431. The first-order valence-electron chi connectivity index (χ1n) is 6.59. The second-order valence-electron chi connectivity index (χ2n) is 4.83. The van der Waals surface area contributed by atoms with Gasteiger partial charge in [0.25, 0.3) is 0 Å². The molecule has 0 bridgehead atoms. The van der Waals surface area contributed by atoms with E-state index in [-0.39, 0.29) is 0 Å². The van der Waals surface area contributed by atoms with Crippen LogP contribution in [-0.2, 0) is 0 Å². The van der Waals surface area contributed by atoms with Gasteiger partial charge in [0.05, 0.1) is 12.1 Å². The Kier molecular flexibility index (Phi) is 4.91. The molecular weight excluding hydrogens is 262 g/mol. The highest BCUT2D eigenvalue weighted by molar-refractivity contribution is 6.32. The van der Waals surface area contributed by atoms with Crippen LogP contribution in [0.1, 0.15) is 25.7 Å². The molecule has 0 radical (unpaired) electrons. The number of nitrogens with one attached hydrogen (secondary N) is 1. The Morgan fingerprint density at radius 2 is 2.32 bits per heavy atom. The zero-order valence-corrected chi connectivity index (χ0v) is 11.9. The fraction of sp³-hybridized carbons (Fsp3) is 0.500. The molecule has 0 unspecified atom stereocenters. The number of nitrogens with two attached hydrogens (primary N) is 1. The highest BCUT2D eigenvalue weighted by atomic mass is 35.5. The first-order valence-corrected chi connectivity index (χ1v) is 6.97. The van der Waals surface area contributed by atoms with Crippen molar-refractivity contribution < 1.29 is 4.74 Å². The highest BCUT2D eigenvalue weighted by Crippen LogP contribution is 2.29. The van der Waals surface area contributed by atoms with Gasteiger partial charge in [-0.1, -0.05) is 30.9 Å². The van der Waals surface area contributed by atoms with Crippen molar-refractivity contribution in [1.29, 1.82) is 0 Å². The molecule has 19 heavy (non-hydrogen) atoms. The molecule has 0 aromatic heterocycles. The number of hydrogen-bond donors (Lipinski definition) is 2. The van der Waals surface area contributed by atoms with Crippen molar-refractivity contribution in [2.45, 2.75) is 25.7 Å². The summed E-state index contributed by atoms with van der Waals surface area (Å²) in [5.41, 5.74) is 6.65. The molecular formula is C14H20ClN3O. The summed E-state index contributed by atoms with van der Waals surface area (Å²) in [6, 6.07) is 5.43. The van der Waals surface area contributed by atoms with Crippen LogP contribution in [-0.4, -0.2) is 19.6 Å². The Morgan fingerprint density at radius 1 is 1.53 bits per heavy atom. The van der Waals surface area contributed by atoms with Crippen molar-refractivity contribution in [3.63, 3.8) is 0 Å². The standard InChI is InChI=1S/C14H20ClN3O/c1-19-13-6-5-11(9-12(13)15)18-14(16)17-8-7-10-3-2-4-10/h5-6,9-10H,2-4,7-8H2,1H3,(H3,16,17,18). The maximum Gasteiger partial charge on any atom is 0.193 e. The summed E-state index contributed by atoms with van der Waals surface area (Å²) in [6.45, 7) is 0.785. The second-order valence-corrected chi connectivity index (χ2v) is 5.23.